The smallest absolute Gasteiger partial charge is 0.250 e. The van der Waals surface area contributed by atoms with Crippen molar-refractivity contribution in [1.82, 2.24) is 9.78 Å². The van der Waals surface area contributed by atoms with E-state index < -0.39 is 11.7 Å². The lowest BCUT2D eigenvalue weighted by molar-refractivity contribution is 0.100. The van der Waals surface area contributed by atoms with Crippen LogP contribution < -0.4 is 16.8 Å². The molecule has 5 N–H and O–H groups in total. The molecule has 1 heterocycles. The van der Waals surface area contributed by atoms with Gasteiger partial charge in [0, 0.05) is 31.0 Å². The Bertz CT molecular complexity index is 623. The van der Waals surface area contributed by atoms with Crippen LogP contribution in [0.2, 0.25) is 0 Å². The van der Waals surface area contributed by atoms with Crippen LogP contribution in [0.5, 0.6) is 0 Å². The Morgan fingerprint density at radius 1 is 1.53 bits per heavy atom. The van der Waals surface area contributed by atoms with Crippen molar-refractivity contribution in [3.63, 3.8) is 0 Å². The van der Waals surface area contributed by atoms with Crippen LogP contribution >= 0.6 is 0 Å². The molecule has 0 aliphatic rings. The Labute approximate surface area is 109 Å². The van der Waals surface area contributed by atoms with Gasteiger partial charge in [0.2, 0.25) is 0 Å². The zero-order chi connectivity index (χ0) is 14.0. The minimum absolute atomic E-state index is 0.0249. The van der Waals surface area contributed by atoms with Gasteiger partial charge in [-0.3, -0.25) is 9.48 Å². The molecule has 0 aliphatic carbocycles. The summed E-state index contributed by atoms with van der Waals surface area (Å²) in [5.74, 6) is -1.23. The summed E-state index contributed by atoms with van der Waals surface area (Å²) < 4.78 is 15.3. The Balaban J connectivity index is 2.20. The maximum atomic E-state index is 13.7. The van der Waals surface area contributed by atoms with E-state index in [1.807, 2.05) is 0 Å². The van der Waals surface area contributed by atoms with Crippen molar-refractivity contribution < 1.29 is 9.18 Å². The van der Waals surface area contributed by atoms with E-state index >= 15 is 0 Å². The molecule has 0 bridgehead atoms. The van der Waals surface area contributed by atoms with Gasteiger partial charge in [0.1, 0.15) is 5.82 Å². The average Bonchev–Trinajstić information content (AvgIpc) is 2.73. The molecular weight excluding hydrogens is 249 g/mol. The van der Waals surface area contributed by atoms with Crippen LogP contribution in [-0.4, -0.2) is 15.7 Å². The Kier molecular flexibility index (Phi) is 3.37. The maximum Gasteiger partial charge on any atom is 0.250 e. The second-order valence-electron chi connectivity index (χ2n) is 4.16. The molecule has 0 saturated carbocycles. The van der Waals surface area contributed by atoms with E-state index in [1.54, 1.807) is 24.1 Å². The molecule has 0 radical (unpaired) electrons. The Morgan fingerprint density at radius 3 is 2.84 bits per heavy atom. The fourth-order valence-electron chi connectivity index (χ4n) is 1.70. The normalized spacial score (nSPS) is 10.4. The van der Waals surface area contributed by atoms with E-state index in [2.05, 4.69) is 10.4 Å². The van der Waals surface area contributed by atoms with Gasteiger partial charge in [-0.2, -0.15) is 5.10 Å². The van der Waals surface area contributed by atoms with Crippen LogP contribution in [0.25, 0.3) is 0 Å². The number of carbonyl (C=O) groups is 1. The summed E-state index contributed by atoms with van der Waals surface area (Å²) in [7, 11) is 1.79. The summed E-state index contributed by atoms with van der Waals surface area (Å²) in [6.07, 6.45) is 3.47. The Hall–Kier alpha value is -2.57. The van der Waals surface area contributed by atoms with E-state index in [0.29, 0.717) is 6.54 Å². The van der Waals surface area contributed by atoms with Crippen LogP contribution in [0.15, 0.2) is 24.5 Å². The van der Waals surface area contributed by atoms with E-state index in [-0.39, 0.29) is 16.9 Å². The van der Waals surface area contributed by atoms with Gasteiger partial charge in [0.15, 0.2) is 0 Å². The first-order valence-electron chi connectivity index (χ1n) is 5.57. The van der Waals surface area contributed by atoms with Gasteiger partial charge >= 0.3 is 0 Å². The fraction of sp³-hybridized carbons (Fsp3) is 0.167. The third-order valence-corrected chi connectivity index (χ3v) is 2.65. The molecule has 0 atom stereocenters. The summed E-state index contributed by atoms with van der Waals surface area (Å²) in [5.41, 5.74) is 11.9. The molecule has 0 aliphatic heterocycles. The standard InChI is InChI=1S/C12H14FN5O/c1-18-6-7(5-17-18)4-16-11-2-8(12(15)19)10(14)3-9(11)13/h2-3,5-6,16H,4,14H2,1H3,(H2,15,19). The lowest BCUT2D eigenvalue weighted by atomic mass is 10.1. The van der Waals surface area contributed by atoms with Gasteiger partial charge in [0.25, 0.3) is 5.91 Å². The number of primary amides is 1. The van der Waals surface area contributed by atoms with Crippen molar-refractivity contribution in [3.05, 3.63) is 41.5 Å². The largest absolute Gasteiger partial charge is 0.398 e. The number of hydrogen-bond donors (Lipinski definition) is 3. The number of anilines is 2. The number of benzene rings is 1. The van der Waals surface area contributed by atoms with E-state index in [4.69, 9.17) is 11.5 Å². The molecule has 0 spiro atoms. The third kappa shape index (κ3) is 2.82. The number of nitrogen functional groups attached to an aromatic ring is 1. The van der Waals surface area contributed by atoms with Crippen molar-refractivity contribution in [2.75, 3.05) is 11.1 Å². The molecule has 19 heavy (non-hydrogen) atoms. The number of hydrogen-bond acceptors (Lipinski definition) is 4. The van der Waals surface area contributed by atoms with Crippen LogP contribution in [0.4, 0.5) is 15.8 Å². The quantitative estimate of drug-likeness (QED) is 0.712. The molecule has 100 valence electrons. The predicted molar refractivity (Wildman–Crippen MR) is 69.9 cm³/mol. The first-order valence-corrected chi connectivity index (χ1v) is 5.57. The van der Waals surface area contributed by atoms with Crippen LogP contribution in [0.3, 0.4) is 0 Å². The molecule has 6 nitrogen and oxygen atoms in total. The molecule has 1 amide bonds. The maximum absolute atomic E-state index is 13.7. The van der Waals surface area contributed by atoms with Gasteiger partial charge < -0.3 is 16.8 Å². The van der Waals surface area contributed by atoms with Crippen LogP contribution in [-0.2, 0) is 13.6 Å². The highest BCUT2D eigenvalue weighted by Gasteiger charge is 2.11. The lowest BCUT2D eigenvalue weighted by Gasteiger charge is -2.09. The highest BCUT2D eigenvalue weighted by Crippen LogP contribution is 2.22. The SMILES string of the molecule is Cn1cc(CNc2cc(C(N)=O)c(N)cc2F)cn1. The summed E-state index contributed by atoms with van der Waals surface area (Å²) >= 11 is 0. The highest BCUT2D eigenvalue weighted by molar-refractivity contribution is 5.99. The van der Waals surface area contributed by atoms with Gasteiger partial charge in [0.05, 0.1) is 17.4 Å². The lowest BCUT2D eigenvalue weighted by Crippen LogP contribution is -2.14. The molecule has 1 aromatic carbocycles. The molecule has 2 rings (SSSR count). The number of aromatic nitrogens is 2. The molecule has 0 saturated heterocycles. The zero-order valence-electron chi connectivity index (χ0n) is 10.4. The number of nitrogens with zero attached hydrogens (tertiary/aromatic N) is 2. The monoisotopic (exact) mass is 263 g/mol. The molecule has 0 unspecified atom stereocenters. The first kappa shape index (κ1) is 12.9. The topological polar surface area (TPSA) is 99.0 Å². The fourth-order valence-corrected chi connectivity index (χ4v) is 1.70. The average molecular weight is 263 g/mol. The zero-order valence-corrected chi connectivity index (χ0v) is 10.4. The van der Waals surface area contributed by atoms with Crippen molar-refractivity contribution in [2.45, 2.75) is 6.54 Å². The van der Waals surface area contributed by atoms with E-state index in [0.717, 1.165) is 11.6 Å². The highest BCUT2D eigenvalue weighted by atomic mass is 19.1. The van der Waals surface area contributed by atoms with Crippen molar-refractivity contribution >= 4 is 17.3 Å². The minimum atomic E-state index is -0.693. The molecule has 7 heteroatoms. The van der Waals surface area contributed by atoms with Gasteiger partial charge in [-0.05, 0) is 12.1 Å². The number of amides is 1. The predicted octanol–water partition coefficient (Wildman–Crippen LogP) is 0.852. The van der Waals surface area contributed by atoms with E-state index in [9.17, 15) is 9.18 Å². The number of carbonyl (C=O) groups excluding carboxylic acids is 1. The van der Waals surface area contributed by atoms with Gasteiger partial charge in [-0.15, -0.1) is 0 Å². The van der Waals surface area contributed by atoms with Crippen molar-refractivity contribution in [3.8, 4) is 0 Å². The number of rotatable bonds is 4. The summed E-state index contributed by atoms with van der Waals surface area (Å²) in [4.78, 5) is 11.1. The molecule has 2 aromatic rings. The second kappa shape index (κ2) is 4.97. The van der Waals surface area contributed by atoms with Gasteiger partial charge in [-0.25, -0.2) is 4.39 Å². The number of nitrogens with two attached hydrogens (primary N) is 2. The number of nitrogens with one attached hydrogen (secondary N) is 1. The summed E-state index contributed by atoms with van der Waals surface area (Å²) in [6.45, 7) is 0.382. The van der Waals surface area contributed by atoms with Gasteiger partial charge in [-0.1, -0.05) is 0 Å². The van der Waals surface area contributed by atoms with Crippen LogP contribution in [0, 0.1) is 5.82 Å². The molecule has 1 aromatic heterocycles. The van der Waals surface area contributed by atoms with Crippen molar-refractivity contribution in [2.24, 2.45) is 12.8 Å². The Morgan fingerprint density at radius 2 is 2.26 bits per heavy atom. The number of aryl methyl sites for hydroxylation is 1. The second-order valence-corrected chi connectivity index (χ2v) is 4.16. The van der Waals surface area contributed by atoms with E-state index in [1.165, 1.54) is 6.07 Å². The molecule has 0 fully saturated rings. The summed E-state index contributed by atoms with van der Waals surface area (Å²) in [6, 6.07) is 2.38. The molecular formula is C12H14FN5O. The first-order chi connectivity index (χ1) is 8.97. The van der Waals surface area contributed by atoms with Crippen LogP contribution in [0.1, 0.15) is 15.9 Å². The number of halogens is 1. The minimum Gasteiger partial charge on any atom is -0.398 e. The third-order valence-electron chi connectivity index (χ3n) is 2.65. The summed E-state index contributed by atoms with van der Waals surface area (Å²) in [5, 5.41) is 6.87. The van der Waals surface area contributed by atoms with Crippen molar-refractivity contribution in [1.29, 1.82) is 0 Å².